The molecule has 0 amide bonds. The van der Waals surface area contributed by atoms with Crippen LogP contribution in [0, 0.1) is 0 Å². The first-order valence-electron chi connectivity index (χ1n) is 11.3. The Kier molecular flexibility index (Phi) is 6.32. The summed E-state index contributed by atoms with van der Waals surface area (Å²) in [5, 5.41) is 1.60. The molecule has 3 aliphatic rings. The zero-order valence-electron chi connectivity index (χ0n) is 17.5. The smallest absolute Gasteiger partial charge is 0.402 e. The van der Waals surface area contributed by atoms with Crippen molar-refractivity contribution in [1.82, 2.24) is 0 Å². The maximum absolute atomic E-state index is 6.40. The molecule has 0 radical (unpaired) electrons. The van der Waals surface area contributed by atoms with Gasteiger partial charge in [-0.15, -0.1) is 0 Å². The molecule has 1 aromatic carbocycles. The second-order valence-electron chi connectivity index (χ2n) is 9.38. The van der Waals surface area contributed by atoms with E-state index in [-0.39, 0.29) is 26.7 Å². The number of hydrogen-bond acceptors (Lipinski definition) is 2. The average molecular weight is 386 g/mol. The van der Waals surface area contributed by atoms with Gasteiger partial charge in [0.15, 0.2) is 0 Å². The molecule has 0 aromatic heterocycles. The Bertz CT molecular complexity index is 605. The first-order valence-corrected chi connectivity index (χ1v) is 12.7. The molecule has 3 fully saturated rings. The van der Waals surface area contributed by atoms with E-state index in [0.29, 0.717) is 0 Å². The normalized spacial score (nSPS) is 27.4. The van der Waals surface area contributed by atoms with E-state index in [0.717, 1.165) is 11.3 Å². The Balaban J connectivity index is 1.67. The molecule has 1 aromatic rings. The highest BCUT2D eigenvalue weighted by molar-refractivity contribution is 7.67. The molecule has 0 N–H and O–H groups in total. The molecule has 0 spiro atoms. The van der Waals surface area contributed by atoms with Crippen LogP contribution < -0.4 is 10.8 Å². The molecule has 1 unspecified atom stereocenters. The average Bonchev–Trinajstić information content (AvgIpc) is 2.97. The third-order valence-electron chi connectivity index (χ3n) is 7.12. The summed E-state index contributed by atoms with van der Waals surface area (Å²) < 4.78 is 12.7. The van der Waals surface area contributed by atoms with Crippen LogP contribution in [0.5, 0.6) is 0 Å². The highest BCUT2D eigenvalue weighted by Crippen LogP contribution is 2.54. The lowest BCUT2D eigenvalue weighted by molar-refractivity contribution is 0.0842. The van der Waals surface area contributed by atoms with Crippen LogP contribution in [0.2, 0.25) is 0 Å². The summed E-state index contributed by atoms with van der Waals surface area (Å²) in [5.74, 6) is 0. The first kappa shape index (κ1) is 19.9. The Morgan fingerprint density at radius 3 is 1.96 bits per heavy atom. The molecular weight excluding hydrogens is 350 g/mol. The second kappa shape index (κ2) is 8.56. The molecule has 2 aliphatic carbocycles. The van der Waals surface area contributed by atoms with Gasteiger partial charge in [-0.25, -0.2) is 0 Å². The molecule has 1 heterocycles. The lowest BCUT2D eigenvalue weighted by atomic mass is 9.79. The summed E-state index contributed by atoms with van der Waals surface area (Å²) in [4.78, 5) is 0. The number of rotatable bonds is 4. The Morgan fingerprint density at radius 1 is 0.889 bits per heavy atom. The standard InChI is InChI=1S/C23H36BO2P/c1-18-23(2,3)26-24(25-18)21-16-10-11-17-22(21)27(19-12-6-4-7-13-19)20-14-8-5-9-15-20/h10-11,16-20H,4-9,12-15H2,1-3H3. The fraction of sp³-hybridized carbons (Fsp3) is 0.739. The molecular formula is C23H36BO2P. The van der Waals surface area contributed by atoms with Crippen molar-refractivity contribution in [3.8, 4) is 0 Å². The summed E-state index contributed by atoms with van der Waals surface area (Å²) in [6.45, 7) is 6.46. The van der Waals surface area contributed by atoms with Gasteiger partial charge in [0.1, 0.15) is 0 Å². The minimum atomic E-state index is -0.212. The third-order valence-corrected chi connectivity index (χ3v) is 10.7. The summed E-state index contributed by atoms with van der Waals surface area (Å²) >= 11 is 0. The molecule has 1 atom stereocenters. The van der Waals surface area contributed by atoms with E-state index in [9.17, 15) is 0 Å². The van der Waals surface area contributed by atoms with Crippen molar-refractivity contribution in [2.75, 3.05) is 0 Å². The third kappa shape index (κ3) is 4.31. The van der Waals surface area contributed by atoms with Gasteiger partial charge < -0.3 is 9.31 Å². The van der Waals surface area contributed by atoms with Gasteiger partial charge >= 0.3 is 7.12 Å². The Labute approximate surface area is 167 Å². The van der Waals surface area contributed by atoms with Gasteiger partial charge in [-0.3, -0.25) is 0 Å². The minimum absolute atomic E-state index is 0.131. The Morgan fingerprint density at radius 2 is 1.44 bits per heavy atom. The van der Waals surface area contributed by atoms with Crippen LogP contribution >= 0.6 is 7.92 Å². The molecule has 4 rings (SSSR count). The van der Waals surface area contributed by atoms with E-state index in [1.54, 1.807) is 5.30 Å². The Hall–Kier alpha value is -0.365. The van der Waals surface area contributed by atoms with Gasteiger partial charge in [0.2, 0.25) is 0 Å². The van der Waals surface area contributed by atoms with Crippen molar-refractivity contribution in [1.29, 1.82) is 0 Å². The van der Waals surface area contributed by atoms with E-state index >= 15 is 0 Å². The molecule has 1 saturated heterocycles. The second-order valence-corrected chi connectivity index (χ2v) is 12.1. The first-order chi connectivity index (χ1) is 13.1. The van der Waals surface area contributed by atoms with E-state index in [1.807, 2.05) is 0 Å². The molecule has 2 nitrogen and oxygen atoms in total. The van der Waals surface area contributed by atoms with Gasteiger partial charge in [-0.05, 0) is 68.5 Å². The van der Waals surface area contributed by atoms with Crippen LogP contribution in [0.4, 0.5) is 0 Å². The predicted octanol–water partition coefficient (Wildman–Crippen LogP) is 5.37. The van der Waals surface area contributed by atoms with Gasteiger partial charge in [0.25, 0.3) is 0 Å². The van der Waals surface area contributed by atoms with Crippen molar-refractivity contribution in [3.05, 3.63) is 24.3 Å². The molecule has 0 bridgehead atoms. The molecule has 1 aliphatic heterocycles. The zero-order chi connectivity index (χ0) is 18.9. The van der Waals surface area contributed by atoms with Crippen LogP contribution in [-0.2, 0) is 9.31 Å². The summed E-state index contributed by atoms with van der Waals surface area (Å²) in [6.07, 6.45) is 14.5. The fourth-order valence-electron chi connectivity index (χ4n) is 5.22. The van der Waals surface area contributed by atoms with Crippen molar-refractivity contribution < 1.29 is 9.31 Å². The van der Waals surface area contributed by atoms with Crippen molar-refractivity contribution in [2.24, 2.45) is 0 Å². The van der Waals surface area contributed by atoms with Gasteiger partial charge in [-0.2, -0.15) is 0 Å². The SMILES string of the molecule is CC1OB(c2ccccc2P(C2CCCCC2)C2CCCCC2)OC1(C)C. The van der Waals surface area contributed by atoms with Crippen molar-refractivity contribution >= 4 is 25.8 Å². The monoisotopic (exact) mass is 386 g/mol. The molecule has 2 saturated carbocycles. The quantitative estimate of drug-likeness (QED) is 0.512. The fourth-order valence-corrected chi connectivity index (χ4v) is 9.18. The summed E-state index contributed by atoms with van der Waals surface area (Å²) in [6, 6.07) is 9.14. The summed E-state index contributed by atoms with van der Waals surface area (Å²) in [5.41, 5.74) is 2.93. The van der Waals surface area contributed by atoms with E-state index in [4.69, 9.17) is 9.31 Å². The number of benzene rings is 1. The van der Waals surface area contributed by atoms with Gasteiger partial charge in [-0.1, -0.05) is 70.7 Å². The molecule has 27 heavy (non-hydrogen) atoms. The maximum Gasteiger partial charge on any atom is 0.495 e. The van der Waals surface area contributed by atoms with Crippen molar-refractivity contribution in [2.45, 2.75) is 108 Å². The van der Waals surface area contributed by atoms with Crippen molar-refractivity contribution in [3.63, 3.8) is 0 Å². The van der Waals surface area contributed by atoms with Gasteiger partial charge in [0.05, 0.1) is 11.7 Å². The highest BCUT2D eigenvalue weighted by Gasteiger charge is 2.46. The molecule has 4 heteroatoms. The van der Waals surface area contributed by atoms with Gasteiger partial charge in [0, 0.05) is 0 Å². The maximum atomic E-state index is 6.40. The van der Waals surface area contributed by atoms with E-state index < -0.39 is 0 Å². The van der Waals surface area contributed by atoms with Crippen LogP contribution in [-0.4, -0.2) is 30.1 Å². The minimum Gasteiger partial charge on any atom is -0.402 e. The van der Waals surface area contributed by atoms with E-state index in [1.165, 1.54) is 69.7 Å². The topological polar surface area (TPSA) is 18.5 Å². The highest BCUT2D eigenvalue weighted by atomic mass is 31.1. The lowest BCUT2D eigenvalue weighted by Gasteiger charge is -2.39. The van der Waals surface area contributed by atoms with Crippen LogP contribution in [0.25, 0.3) is 0 Å². The number of hydrogen-bond donors (Lipinski definition) is 0. The van der Waals surface area contributed by atoms with E-state index in [2.05, 4.69) is 45.0 Å². The van der Waals surface area contributed by atoms with Crippen LogP contribution in [0.3, 0.4) is 0 Å². The predicted molar refractivity (Wildman–Crippen MR) is 118 cm³/mol. The summed E-state index contributed by atoms with van der Waals surface area (Å²) in [7, 11) is -0.325. The largest absolute Gasteiger partial charge is 0.495 e. The lowest BCUT2D eigenvalue weighted by Crippen LogP contribution is -2.44. The van der Waals surface area contributed by atoms with Crippen LogP contribution in [0.15, 0.2) is 24.3 Å². The van der Waals surface area contributed by atoms with Crippen LogP contribution in [0.1, 0.15) is 85.0 Å². The molecule has 148 valence electrons. The zero-order valence-corrected chi connectivity index (χ0v) is 18.3.